The van der Waals surface area contributed by atoms with Crippen molar-refractivity contribution in [1.82, 2.24) is 10.6 Å². The smallest absolute Gasteiger partial charge is 0.0856 e. The number of nitrogens with one attached hydrogen (secondary N) is 2. The molecule has 1 aliphatic carbocycles. The van der Waals surface area contributed by atoms with Gasteiger partial charge >= 0.3 is 0 Å². The molecule has 28 heavy (non-hydrogen) atoms. The number of hydrogen-bond acceptors (Lipinski definition) is 4. The molecule has 154 valence electrons. The molecule has 0 fully saturated rings. The van der Waals surface area contributed by atoms with Crippen molar-refractivity contribution in [3.63, 3.8) is 0 Å². The van der Waals surface area contributed by atoms with Crippen LogP contribution in [0.5, 0.6) is 0 Å². The third-order valence-corrected chi connectivity index (χ3v) is 5.35. The Balaban J connectivity index is 1.76. The normalized spacial score (nSPS) is 15.7. The number of benzene rings is 1. The second kappa shape index (κ2) is 11.8. The highest BCUT2D eigenvalue weighted by Gasteiger charge is 2.15. The quantitative estimate of drug-likeness (QED) is 0.385. The average Bonchev–Trinajstić information content (AvgIpc) is 2.71. The van der Waals surface area contributed by atoms with Gasteiger partial charge in [-0.25, -0.2) is 4.99 Å². The van der Waals surface area contributed by atoms with Crippen molar-refractivity contribution in [2.75, 3.05) is 31.1 Å². The molecular formula is C22H34ClN5. The van der Waals surface area contributed by atoms with Crippen molar-refractivity contribution in [3.05, 3.63) is 52.8 Å². The Labute approximate surface area is 174 Å². The zero-order chi connectivity index (χ0) is 20.4. The number of anilines is 1. The topological polar surface area (TPSA) is 65.7 Å². The summed E-state index contributed by atoms with van der Waals surface area (Å²) < 4.78 is 0. The molecule has 0 spiro atoms. The van der Waals surface area contributed by atoms with E-state index in [1.165, 1.54) is 30.4 Å². The molecule has 0 saturated carbocycles. The molecule has 2 rings (SSSR count). The molecule has 0 bridgehead atoms. The SMILES string of the molecule is C=C(NCC(C)NCCN(CC)c1ccc(Cl)cc1)C1=C(N=CN)CCCC1. The largest absolute Gasteiger partial charge is 0.390 e. The zero-order valence-electron chi connectivity index (χ0n) is 17.2. The zero-order valence-corrected chi connectivity index (χ0v) is 17.9. The van der Waals surface area contributed by atoms with Gasteiger partial charge in [0, 0.05) is 54.3 Å². The lowest BCUT2D eigenvalue weighted by atomic mass is 9.94. The molecule has 0 aliphatic heterocycles. The van der Waals surface area contributed by atoms with Gasteiger partial charge in [-0.3, -0.25) is 0 Å². The molecule has 0 amide bonds. The minimum atomic E-state index is 0.339. The van der Waals surface area contributed by atoms with Gasteiger partial charge in [-0.15, -0.1) is 0 Å². The van der Waals surface area contributed by atoms with Gasteiger partial charge in [0.1, 0.15) is 0 Å². The van der Waals surface area contributed by atoms with E-state index >= 15 is 0 Å². The Bertz CT molecular complexity index is 681. The minimum absolute atomic E-state index is 0.339. The van der Waals surface area contributed by atoms with Crippen LogP contribution in [0.25, 0.3) is 0 Å². The Morgan fingerprint density at radius 1 is 1.32 bits per heavy atom. The predicted molar refractivity (Wildman–Crippen MR) is 122 cm³/mol. The van der Waals surface area contributed by atoms with Gasteiger partial charge in [-0.1, -0.05) is 18.2 Å². The molecule has 1 aromatic carbocycles. The summed E-state index contributed by atoms with van der Waals surface area (Å²) in [6, 6.07) is 8.36. The Morgan fingerprint density at radius 3 is 2.71 bits per heavy atom. The first-order chi connectivity index (χ1) is 13.5. The second-order valence-electron chi connectivity index (χ2n) is 7.18. The molecule has 1 aliphatic rings. The summed E-state index contributed by atoms with van der Waals surface area (Å²) in [5.41, 5.74) is 9.96. The van der Waals surface area contributed by atoms with Crippen molar-refractivity contribution in [3.8, 4) is 0 Å². The fourth-order valence-electron chi connectivity index (χ4n) is 3.47. The molecule has 1 unspecified atom stereocenters. The Hall–Kier alpha value is -1.98. The summed E-state index contributed by atoms with van der Waals surface area (Å²) >= 11 is 5.99. The fraction of sp³-hybridized carbons (Fsp3) is 0.500. The molecule has 4 N–H and O–H groups in total. The van der Waals surface area contributed by atoms with Gasteiger partial charge in [-0.05, 0) is 69.4 Å². The molecule has 0 radical (unpaired) electrons. The van der Waals surface area contributed by atoms with Crippen molar-refractivity contribution < 1.29 is 0 Å². The third kappa shape index (κ3) is 6.88. The van der Waals surface area contributed by atoms with E-state index in [4.69, 9.17) is 17.3 Å². The van der Waals surface area contributed by atoms with Crippen LogP contribution in [0.1, 0.15) is 39.5 Å². The summed E-state index contributed by atoms with van der Waals surface area (Å²) in [5, 5.41) is 7.83. The summed E-state index contributed by atoms with van der Waals surface area (Å²) in [4.78, 5) is 6.67. The first-order valence-electron chi connectivity index (χ1n) is 10.2. The lowest BCUT2D eigenvalue weighted by Gasteiger charge is -2.25. The van der Waals surface area contributed by atoms with E-state index in [0.717, 1.165) is 55.4 Å². The van der Waals surface area contributed by atoms with Crippen molar-refractivity contribution in [1.29, 1.82) is 0 Å². The molecule has 0 saturated heterocycles. The lowest BCUT2D eigenvalue weighted by molar-refractivity contribution is 0.524. The van der Waals surface area contributed by atoms with Gasteiger partial charge in [-0.2, -0.15) is 0 Å². The van der Waals surface area contributed by atoms with Crippen LogP contribution in [-0.4, -0.2) is 38.6 Å². The maximum absolute atomic E-state index is 5.99. The van der Waals surface area contributed by atoms with E-state index in [0.29, 0.717) is 6.04 Å². The van der Waals surface area contributed by atoms with Crippen molar-refractivity contribution >= 4 is 23.6 Å². The predicted octanol–water partition coefficient (Wildman–Crippen LogP) is 4.06. The van der Waals surface area contributed by atoms with Crippen LogP contribution in [0.2, 0.25) is 5.02 Å². The van der Waals surface area contributed by atoms with Crippen LogP contribution in [0.3, 0.4) is 0 Å². The summed E-state index contributed by atoms with van der Waals surface area (Å²) in [6.45, 7) is 12.2. The maximum atomic E-state index is 5.99. The maximum Gasteiger partial charge on any atom is 0.0856 e. The highest BCUT2D eigenvalue weighted by atomic mass is 35.5. The third-order valence-electron chi connectivity index (χ3n) is 5.10. The van der Waals surface area contributed by atoms with E-state index in [2.05, 4.69) is 53.1 Å². The summed E-state index contributed by atoms with van der Waals surface area (Å²) in [6.07, 6.45) is 5.74. The number of nitrogens with two attached hydrogens (primary N) is 1. The average molecular weight is 404 g/mol. The van der Waals surface area contributed by atoms with E-state index in [-0.39, 0.29) is 0 Å². The van der Waals surface area contributed by atoms with Gasteiger partial charge in [0.25, 0.3) is 0 Å². The molecule has 1 aromatic rings. The molecule has 6 heteroatoms. The van der Waals surface area contributed by atoms with E-state index in [1.54, 1.807) is 0 Å². The number of hydrogen-bond donors (Lipinski definition) is 3. The number of nitrogens with zero attached hydrogens (tertiary/aromatic N) is 2. The first-order valence-corrected chi connectivity index (χ1v) is 10.6. The van der Waals surface area contributed by atoms with E-state index in [9.17, 15) is 0 Å². The van der Waals surface area contributed by atoms with Gasteiger partial charge in [0.2, 0.25) is 0 Å². The number of halogens is 1. The summed E-state index contributed by atoms with van der Waals surface area (Å²) in [7, 11) is 0. The molecule has 1 atom stereocenters. The van der Waals surface area contributed by atoms with Gasteiger partial charge in [0.05, 0.1) is 6.34 Å². The van der Waals surface area contributed by atoms with Gasteiger partial charge in [0.15, 0.2) is 0 Å². The van der Waals surface area contributed by atoms with Crippen LogP contribution in [0.4, 0.5) is 5.69 Å². The van der Waals surface area contributed by atoms with Crippen molar-refractivity contribution in [2.24, 2.45) is 10.7 Å². The number of likely N-dealkylation sites (N-methyl/N-ethyl adjacent to an activating group) is 1. The second-order valence-corrected chi connectivity index (χ2v) is 7.62. The van der Waals surface area contributed by atoms with E-state index in [1.807, 2.05) is 12.1 Å². The number of aliphatic imine (C=N–C) groups is 1. The highest BCUT2D eigenvalue weighted by molar-refractivity contribution is 6.30. The first kappa shape index (κ1) is 22.3. The lowest BCUT2D eigenvalue weighted by Crippen LogP contribution is -2.40. The molecular weight excluding hydrogens is 370 g/mol. The van der Waals surface area contributed by atoms with Crippen LogP contribution >= 0.6 is 11.6 Å². The Morgan fingerprint density at radius 2 is 2.04 bits per heavy atom. The standard InChI is InChI=1S/C22H34ClN5/c1-4-28(20-11-9-19(23)10-12-20)14-13-25-17(2)15-26-18(3)21-7-5-6-8-22(21)27-16-24/h9-12,16-17,25-26H,3-8,13-15H2,1-2H3,(H2,24,27). The fourth-order valence-corrected chi connectivity index (χ4v) is 3.60. The van der Waals surface area contributed by atoms with Crippen LogP contribution in [0, 0.1) is 0 Å². The minimum Gasteiger partial charge on any atom is -0.390 e. The Kier molecular flexibility index (Phi) is 9.38. The number of rotatable bonds is 11. The summed E-state index contributed by atoms with van der Waals surface area (Å²) in [5.74, 6) is 0. The highest BCUT2D eigenvalue weighted by Crippen LogP contribution is 2.28. The monoisotopic (exact) mass is 403 g/mol. The van der Waals surface area contributed by atoms with Crippen LogP contribution in [0.15, 0.2) is 52.8 Å². The molecule has 0 aromatic heterocycles. The van der Waals surface area contributed by atoms with Crippen LogP contribution in [-0.2, 0) is 0 Å². The van der Waals surface area contributed by atoms with Gasteiger partial charge < -0.3 is 21.3 Å². The molecule has 0 heterocycles. The molecule has 5 nitrogen and oxygen atoms in total. The van der Waals surface area contributed by atoms with E-state index < -0.39 is 0 Å². The van der Waals surface area contributed by atoms with Crippen molar-refractivity contribution in [2.45, 2.75) is 45.6 Å². The van der Waals surface area contributed by atoms with Crippen LogP contribution < -0.4 is 21.3 Å². The number of allylic oxidation sites excluding steroid dienone is 2.